The van der Waals surface area contributed by atoms with Crippen molar-refractivity contribution in [3.8, 4) is 0 Å². The molecule has 1 unspecified atom stereocenters. The van der Waals surface area contributed by atoms with Crippen LogP contribution in [-0.2, 0) is 14.3 Å². The molecule has 1 fully saturated rings. The van der Waals surface area contributed by atoms with Gasteiger partial charge in [0.2, 0.25) is 5.91 Å². The molecule has 5 nitrogen and oxygen atoms in total. The van der Waals surface area contributed by atoms with Gasteiger partial charge in [-0.05, 0) is 26.0 Å². The first-order chi connectivity index (χ1) is 8.85. The van der Waals surface area contributed by atoms with Crippen LogP contribution in [0.1, 0.15) is 26.7 Å². The van der Waals surface area contributed by atoms with E-state index in [1.165, 1.54) is 6.20 Å². The lowest BCUT2D eigenvalue weighted by atomic mass is 9.95. The van der Waals surface area contributed by atoms with E-state index >= 15 is 0 Å². The SMILES string of the molecule is CC1(C)CC(CC(=O)Nc2ccc(Cl)cn2)C(=O)O1. The van der Waals surface area contributed by atoms with Crippen LogP contribution in [-0.4, -0.2) is 22.5 Å². The van der Waals surface area contributed by atoms with E-state index in [1.54, 1.807) is 12.1 Å². The molecule has 2 rings (SSSR count). The number of anilines is 1. The van der Waals surface area contributed by atoms with E-state index in [1.807, 2.05) is 13.8 Å². The Hall–Kier alpha value is -1.62. The molecule has 2 heterocycles. The van der Waals surface area contributed by atoms with E-state index in [0.717, 1.165) is 0 Å². The van der Waals surface area contributed by atoms with Crippen molar-refractivity contribution in [1.82, 2.24) is 4.98 Å². The van der Waals surface area contributed by atoms with Gasteiger partial charge < -0.3 is 10.1 Å². The molecular weight excluding hydrogens is 268 g/mol. The summed E-state index contributed by atoms with van der Waals surface area (Å²) in [4.78, 5) is 27.4. The Labute approximate surface area is 116 Å². The number of hydrogen-bond acceptors (Lipinski definition) is 4. The first-order valence-electron chi connectivity index (χ1n) is 6.00. The molecule has 0 bridgehead atoms. The molecular formula is C13H15ClN2O3. The second-order valence-corrected chi connectivity index (χ2v) is 5.63. The lowest BCUT2D eigenvalue weighted by molar-refractivity contribution is -0.149. The summed E-state index contributed by atoms with van der Waals surface area (Å²) in [5.74, 6) is -0.541. The van der Waals surface area contributed by atoms with Crippen LogP contribution in [0.15, 0.2) is 18.3 Å². The third-order valence-electron chi connectivity index (χ3n) is 2.87. The largest absolute Gasteiger partial charge is 0.459 e. The van der Waals surface area contributed by atoms with Crippen LogP contribution in [0.5, 0.6) is 0 Å². The Morgan fingerprint density at radius 2 is 2.32 bits per heavy atom. The van der Waals surface area contributed by atoms with Crippen LogP contribution >= 0.6 is 11.6 Å². The zero-order chi connectivity index (χ0) is 14.0. The maximum Gasteiger partial charge on any atom is 0.310 e. The fourth-order valence-electron chi connectivity index (χ4n) is 2.10. The van der Waals surface area contributed by atoms with Gasteiger partial charge in [-0.1, -0.05) is 11.6 Å². The summed E-state index contributed by atoms with van der Waals surface area (Å²) in [5.41, 5.74) is -0.486. The summed E-state index contributed by atoms with van der Waals surface area (Å²) in [6, 6.07) is 3.24. The van der Waals surface area contributed by atoms with Crippen molar-refractivity contribution >= 4 is 29.3 Å². The fourth-order valence-corrected chi connectivity index (χ4v) is 2.21. The summed E-state index contributed by atoms with van der Waals surface area (Å²) in [6.45, 7) is 3.67. The Kier molecular flexibility index (Phi) is 3.75. The van der Waals surface area contributed by atoms with Crippen molar-refractivity contribution in [2.75, 3.05) is 5.32 Å². The fraction of sp³-hybridized carbons (Fsp3) is 0.462. The van der Waals surface area contributed by atoms with E-state index in [4.69, 9.17) is 16.3 Å². The van der Waals surface area contributed by atoms with Gasteiger partial charge in [0.05, 0.1) is 10.9 Å². The molecule has 1 aromatic rings. The number of hydrogen-bond donors (Lipinski definition) is 1. The van der Waals surface area contributed by atoms with E-state index in [9.17, 15) is 9.59 Å². The van der Waals surface area contributed by atoms with Crippen LogP contribution in [0.3, 0.4) is 0 Å². The third kappa shape index (κ3) is 3.67. The van der Waals surface area contributed by atoms with Gasteiger partial charge >= 0.3 is 5.97 Å². The molecule has 1 aliphatic heterocycles. The normalized spacial score (nSPS) is 21.0. The number of cyclic esters (lactones) is 1. The number of halogens is 1. The molecule has 0 radical (unpaired) electrons. The number of amides is 1. The van der Waals surface area contributed by atoms with Gasteiger partial charge in [0.1, 0.15) is 11.4 Å². The lowest BCUT2D eigenvalue weighted by Crippen LogP contribution is -2.20. The molecule has 1 aliphatic rings. The Balaban J connectivity index is 1.91. The predicted molar refractivity (Wildman–Crippen MR) is 70.8 cm³/mol. The first kappa shape index (κ1) is 13.8. The summed E-state index contributed by atoms with van der Waals surface area (Å²) >= 11 is 5.70. The van der Waals surface area contributed by atoms with Gasteiger partial charge in [0.25, 0.3) is 0 Å². The number of ether oxygens (including phenoxy) is 1. The van der Waals surface area contributed by atoms with Gasteiger partial charge in [0.15, 0.2) is 0 Å². The molecule has 0 saturated carbocycles. The number of rotatable bonds is 3. The van der Waals surface area contributed by atoms with E-state index in [0.29, 0.717) is 17.3 Å². The molecule has 0 spiro atoms. The number of pyridine rings is 1. The number of esters is 1. The molecule has 19 heavy (non-hydrogen) atoms. The maximum atomic E-state index is 11.8. The van der Waals surface area contributed by atoms with Crippen LogP contribution in [0.2, 0.25) is 5.02 Å². The molecule has 0 aromatic carbocycles. The molecule has 1 amide bonds. The standard InChI is InChI=1S/C13H15ClN2O3/c1-13(2)6-8(12(18)19-13)5-11(17)16-10-4-3-9(14)7-15-10/h3-4,7-8H,5-6H2,1-2H3,(H,15,16,17). The lowest BCUT2D eigenvalue weighted by Gasteiger charge is -2.14. The highest BCUT2D eigenvalue weighted by Crippen LogP contribution is 2.32. The minimum atomic E-state index is -0.486. The average molecular weight is 283 g/mol. The molecule has 102 valence electrons. The average Bonchev–Trinajstić information content (AvgIpc) is 2.55. The summed E-state index contributed by atoms with van der Waals surface area (Å²) in [7, 11) is 0. The Morgan fingerprint density at radius 1 is 1.58 bits per heavy atom. The van der Waals surface area contributed by atoms with E-state index < -0.39 is 5.60 Å². The van der Waals surface area contributed by atoms with E-state index in [-0.39, 0.29) is 24.2 Å². The van der Waals surface area contributed by atoms with E-state index in [2.05, 4.69) is 10.3 Å². The zero-order valence-electron chi connectivity index (χ0n) is 10.8. The summed E-state index contributed by atoms with van der Waals surface area (Å²) in [5, 5.41) is 3.13. The molecule has 1 saturated heterocycles. The highest BCUT2D eigenvalue weighted by Gasteiger charge is 2.40. The Morgan fingerprint density at radius 3 is 2.84 bits per heavy atom. The number of nitrogens with zero attached hydrogens (tertiary/aromatic N) is 1. The minimum Gasteiger partial charge on any atom is -0.459 e. The third-order valence-corrected chi connectivity index (χ3v) is 3.10. The van der Waals surface area contributed by atoms with Gasteiger partial charge in [0, 0.05) is 19.0 Å². The van der Waals surface area contributed by atoms with Gasteiger partial charge in [-0.2, -0.15) is 0 Å². The minimum absolute atomic E-state index is 0.104. The highest BCUT2D eigenvalue weighted by molar-refractivity contribution is 6.30. The monoisotopic (exact) mass is 282 g/mol. The van der Waals surface area contributed by atoms with Crippen LogP contribution in [0.25, 0.3) is 0 Å². The quantitative estimate of drug-likeness (QED) is 0.865. The van der Waals surface area contributed by atoms with Gasteiger partial charge in [-0.3, -0.25) is 9.59 Å². The highest BCUT2D eigenvalue weighted by atomic mass is 35.5. The van der Waals surface area contributed by atoms with Crippen molar-refractivity contribution in [3.05, 3.63) is 23.4 Å². The topological polar surface area (TPSA) is 68.3 Å². The van der Waals surface area contributed by atoms with Crippen molar-refractivity contribution in [3.63, 3.8) is 0 Å². The maximum absolute atomic E-state index is 11.8. The van der Waals surface area contributed by atoms with Crippen molar-refractivity contribution in [2.24, 2.45) is 5.92 Å². The van der Waals surface area contributed by atoms with Crippen molar-refractivity contribution in [2.45, 2.75) is 32.3 Å². The molecule has 1 N–H and O–H groups in total. The van der Waals surface area contributed by atoms with Gasteiger partial charge in [-0.25, -0.2) is 4.98 Å². The predicted octanol–water partition coefficient (Wildman–Crippen LogP) is 2.41. The van der Waals surface area contributed by atoms with Crippen molar-refractivity contribution in [1.29, 1.82) is 0 Å². The Bertz CT molecular complexity index is 499. The van der Waals surface area contributed by atoms with Crippen LogP contribution in [0.4, 0.5) is 5.82 Å². The molecule has 0 aliphatic carbocycles. The first-order valence-corrected chi connectivity index (χ1v) is 6.38. The van der Waals surface area contributed by atoms with Crippen molar-refractivity contribution < 1.29 is 14.3 Å². The zero-order valence-corrected chi connectivity index (χ0v) is 11.5. The summed E-state index contributed by atoms with van der Waals surface area (Å²) in [6.07, 6.45) is 2.10. The number of carbonyl (C=O) groups is 2. The molecule has 1 atom stereocenters. The van der Waals surface area contributed by atoms with Gasteiger partial charge in [-0.15, -0.1) is 0 Å². The number of carbonyl (C=O) groups excluding carboxylic acids is 2. The second-order valence-electron chi connectivity index (χ2n) is 5.20. The second kappa shape index (κ2) is 5.17. The number of aromatic nitrogens is 1. The smallest absolute Gasteiger partial charge is 0.310 e. The van der Waals surface area contributed by atoms with Crippen LogP contribution in [0, 0.1) is 5.92 Å². The molecule has 6 heteroatoms. The molecule has 1 aromatic heterocycles. The number of nitrogens with one attached hydrogen (secondary N) is 1. The summed E-state index contributed by atoms with van der Waals surface area (Å²) < 4.78 is 5.18. The van der Waals surface area contributed by atoms with Crippen LogP contribution < -0.4 is 5.32 Å².